The molecule has 1 aliphatic carbocycles. The molecule has 4 unspecified atom stereocenters. The van der Waals surface area contributed by atoms with Crippen LogP contribution >= 0.6 is 0 Å². The van der Waals surface area contributed by atoms with Gasteiger partial charge in [-0.1, -0.05) is 18.2 Å². The molecule has 1 saturated carbocycles. The largest absolute Gasteiger partial charge is 0.573 e. The maximum absolute atomic E-state index is 14.0. The third-order valence-electron chi connectivity index (χ3n) is 6.53. The molecule has 1 aromatic heterocycles. The molecule has 6 nitrogen and oxygen atoms in total. The number of ether oxygens (including phenoxy) is 1. The number of benzene rings is 3. The molecule has 4 aromatic rings. The van der Waals surface area contributed by atoms with E-state index in [2.05, 4.69) is 9.46 Å². The Morgan fingerprint density at radius 3 is 2.42 bits per heavy atom. The molecule has 1 aliphatic rings. The standard InChI is InChI=1S/C25H23F4N3O3S/c26-15-8-13-22-19(14-15)18-4-1-2-6-21(18)32(22)23-7-3-5-20(24(23)33)31-36(30,34)17-11-9-16(10-12-17)35-25(27,28)29/h1-2,4,6,8-14,20,23-24,33H,3,5,7H2,(H2,30,31,34). The summed E-state index contributed by atoms with van der Waals surface area (Å²) >= 11 is 0. The van der Waals surface area contributed by atoms with Crippen molar-refractivity contribution in [2.45, 2.75) is 48.7 Å². The van der Waals surface area contributed by atoms with Gasteiger partial charge in [0.05, 0.1) is 17.0 Å². The molecule has 4 atom stereocenters. The summed E-state index contributed by atoms with van der Waals surface area (Å²) in [7, 11) is -3.64. The van der Waals surface area contributed by atoms with Crippen LogP contribution in [0.5, 0.6) is 5.75 Å². The number of nitrogens with one attached hydrogen (secondary N) is 2. The fourth-order valence-electron chi connectivity index (χ4n) is 5.01. The first-order valence-corrected chi connectivity index (χ1v) is 12.9. The number of fused-ring (bicyclic) bond motifs is 3. The van der Waals surface area contributed by atoms with Crippen molar-refractivity contribution in [3.8, 4) is 5.75 Å². The summed E-state index contributed by atoms with van der Waals surface area (Å²) in [4.78, 5) is -0.0290. The van der Waals surface area contributed by atoms with E-state index in [1.165, 1.54) is 12.1 Å². The lowest BCUT2D eigenvalue weighted by Gasteiger charge is -2.37. The van der Waals surface area contributed by atoms with Crippen molar-refractivity contribution in [1.82, 2.24) is 9.29 Å². The van der Waals surface area contributed by atoms with Gasteiger partial charge in [-0.3, -0.25) is 0 Å². The Morgan fingerprint density at radius 2 is 1.69 bits per heavy atom. The zero-order valence-electron chi connectivity index (χ0n) is 18.8. The minimum atomic E-state index is -4.86. The molecule has 1 fully saturated rings. The third-order valence-corrected chi connectivity index (χ3v) is 8.10. The molecule has 1 heterocycles. The first kappa shape index (κ1) is 24.5. The molecule has 5 rings (SSSR count). The van der Waals surface area contributed by atoms with Gasteiger partial charge in [0.15, 0.2) is 0 Å². The van der Waals surface area contributed by atoms with Crippen LogP contribution in [0.3, 0.4) is 0 Å². The lowest BCUT2D eigenvalue weighted by molar-refractivity contribution is -0.274. The van der Waals surface area contributed by atoms with Gasteiger partial charge in [-0.25, -0.2) is 18.1 Å². The fourth-order valence-corrected chi connectivity index (χ4v) is 6.35. The summed E-state index contributed by atoms with van der Waals surface area (Å²) in [6.45, 7) is 0. The molecule has 11 heteroatoms. The van der Waals surface area contributed by atoms with Gasteiger partial charge < -0.3 is 14.4 Å². The van der Waals surface area contributed by atoms with Crippen molar-refractivity contribution in [2.24, 2.45) is 0 Å². The number of nitrogens with zero attached hydrogens (tertiary/aromatic N) is 1. The molecule has 0 saturated heterocycles. The van der Waals surface area contributed by atoms with Gasteiger partial charge >= 0.3 is 6.36 Å². The highest BCUT2D eigenvalue weighted by Gasteiger charge is 2.36. The molecule has 0 bridgehead atoms. The van der Waals surface area contributed by atoms with E-state index in [0.29, 0.717) is 19.3 Å². The maximum atomic E-state index is 14.0. The van der Waals surface area contributed by atoms with E-state index in [4.69, 9.17) is 4.78 Å². The molecular formula is C25H23F4N3O3S. The molecule has 0 radical (unpaired) electrons. The average molecular weight is 522 g/mol. The van der Waals surface area contributed by atoms with Crippen molar-refractivity contribution < 1.29 is 31.6 Å². The van der Waals surface area contributed by atoms with E-state index in [1.54, 1.807) is 6.07 Å². The molecule has 0 spiro atoms. The first-order chi connectivity index (χ1) is 17.0. The zero-order chi connectivity index (χ0) is 25.7. The topological polar surface area (TPSA) is 87.3 Å². The van der Waals surface area contributed by atoms with Crippen molar-refractivity contribution in [3.63, 3.8) is 0 Å². The highest BCUT2D eigenvalue weighted by Crippen LogP contribution is 2.38. The predicted octanol–water partition coefficient (Wildman–Crippen LogP) is 5.90. The van der Waals surface area contributed by atoms with Gasteiger partial charge in [-0.15, -0.1) is 13.2 Å². The highest BCUT2D eigenvalue weighted by atomic mass is 32.2. The minimum Gasteiger partial charge on any atom is -0.406 e. The number of rotatable bonds is 5. The van der Waals surface area contributed by atoms with Crippen LogP contribution in [-0.4, -0.2) is 32.4 Å². The monoisotopic (exact) mass is 521 g/mol. The van der Waals surface area contributed by atoms with E-state index in [9.17, 15) is 26.9 Å². The number of aliphatic hydroxyl groups is 1. The minimum absolute atomic E-state index is 0.0290. The van der Waals surface area contributed by atoms with Gasteiger partial charge in [-0.2, -0.15) is 0 Å². The van der Waals surface area contributed by atoms with Gasteiger partial charge in [0.2, 0.25) is 0 Å². The molecule has 190 valence electrons. The Balaban J connectivity index is 1.44. The summed E-state index contributed by atoms with van der Waals surface area (Å²) in [5, 5.41) is 12.9. The predicted molar refractivity (Wildman–Crippen MR) is 127 cm³/mol. The average Bonchev–Trinajstić information content (AvgIpc) is 3.13. The summed E-state index contributed by atoms with van der Waals surface area (Å²) in [5.41, 5.74) is 1.59. The Kier molecular flexibility index (Phi) is 6.17. The number of hydrogen-bond donors (Lipinski definition) is 3. The third kappa shape index (κ3) is 4.65. The number of hydrogen-bond acceptors (Lipinski definition) is 4. The van der Waals surface area contributed by atoms with Crippen molar-refractivity contribution in [3.05, 3.63) is 72.5 Å². The number of aromatic nitrogens is 1. The Morgan fingerprint density at radius 1 is 1.00 bits per heavy atom. The van der Waals surface area contributed by atoms with Crippen LogP contribution in [0, 0.1) is 10.6 Å². The fraction of sp³-hybridized carbons (Fsp3) is 0.280. The Labute approximate surface area is 204 Å². The zero-order valence-corrected chi connectivity index (χ0v) is 19.7. The summed E-state index contributed by atoms with van der Waals surface area (Å²) < 4.78 is 81.4. The van der Waals surface area contributed by atoms with Crippen molar-refractivity contribution in [2.75, 3.05) is 0 Å². The van der Waals surface area contributed by atoms with Crippen molar-refractivity contribution >= 4 is 31.7 Å². The Hall–Kier alpha value is -3.15. The van der Waals surface area contributed by atoms with E-state index in [-0.39, 0.29) is 10.7 Å². The van der Waals surface area contributed by atoms with Gasteiger partial charge in [0.25, 0.3) is 0 Å². The molecule has 3 aromatic carbocycles. The van der Waals surface area contributed by atoms with Crippen LogP contribution in [0.15, 0.2) is 71.6 Å². The normalized spacial score (nSPS) is 22.5. The highest BCUT2D eigenvalue weighted by molar-refractivity contribution is 7.90. The van der Waals surface area contributed by atoms with Crippen LogP contribution in [0.4, 0.5) is 17.6 Å². The second-order valence-electron chi connectivity index (χ2n) is 8.84. The van der Waals surface area contributed by atoms with Crippen LogP contribution in [0.1, 0.15) is 25.3 Å². The number of aliphatic hydroxyl groups excluding tert-OH is 1. The summed E-state index contributed by atoms with van der Waals surface area (Å²) in [6.07, 6.45) is -4.14. The first-order valence-electron chi connectivity index (χ1n) is 11.3. The quantitative estimate of drug-likeness (QED) is 0.286. The molecular weight excluding hydrogens is 498 g/mol. The molecule has 0 aliphatic heterocycles. The van der Waals surface area contributed by atoms with Gasteiger partial charge in [-0.05, 0) is 67.8 Å². The van der Waals surface area contributed by atoms with Crippen LogP contribution < -0.4 is 9.46 Å². The molecule has 0 amide bonds. The SMILES string of the molecule is N=S(=O)(NC1CCCC(n2c3ccccc3c3cc(F)ccc32)C1O)c1ccc(OC(F)(F)F)cc1. The molecule has 36 heavy (non-hydrogen) atoms. The van der Waals surface area contributed by atoms with E-state index in [1.807, 2.05) is 28.8 Å². The summed E-state index contributed by atoms with van der Waals surface area (Å²) in [6, 6.07) is 15.1. The number of halogens is 4. The van der Waals surface area contributed by atoms with E-state index < -0.39 is 40.2 Å². The lowest BCUT2D eigenvalue weighted by atomic mass is 9.88. The van der Waals surface area contributed by atoms with Crippen LogP contribution in [0.25, 0.3) is 21.8 Å². The van der Waals surface area contributed by atoms with Gasteiger partial charge in [0, 0.05) is 27.8 Å². The Bertz CT molecular complexity index is 1520. The summed E-state index contributed by atoms with van der Waals surface area (Å²) in [5.74, 6) is -0.850. The smallest absolute Gasteiger partial charge is 0.406 e. The van der Waals surface area contributed by atoms with Crippen LogP contribution in [-0.2, 0) is 9.92 Å². The second-order valence-corrected chi connectivity index (χ2v) is 10.7. The number of alkyl halides is 3. The maximum Gasteiger partial charge on any atom is 0.573 e. The van der Waals surface area contributed by atoms with Gasteiger partial charge in [0.1, 0.15) is 21.5 Å². The van der Waals surface area contributed by atoms with Crippen molar-refractivity contribution in [1.29, 1.82) is 4.78 Å². The van der Waals surface area contributed by atoms with E-state index >= 15 is 0 Å². The van der Waals surface area contributed by atoms with Crippen LogP contribution in [0.2, 0.25) is 0 Å². The lowest BCUT2D eigenvalue weighted by Crippen LogP contribution is -2.49. The number of para-hydroxylation sites is 1. The molecule has 3 N–H and O–H groups in total. The second kappa shape index (κ2) is 9.06. The van der Waals surface area contributed by atoms with E-state index in [0.717, 1.165) is 46.1 Å².